The van der Waals surface area contributed by atoms with E-state index in [1.54, 1.807) is 0 Å². The molecule has 0 bridgehead atoms. The van der Waals surface area contributed by atoms with Gasteiger partial charge in [0.2, 0.25) is 0 Å². The quantitative estimate of drug-likeness (QED) is 0.680. The number of rotatable bonds is 1. The number of nitrogens with one attached hydrogen (secondary N) is 1. The van der Waals surface area contributed by atoms with E-state index in [0.717, 1.165) is 13.1 Å². The van der Waals surface area contributed by atoms with Crippen molar-refractivity contribution >= 4 is 18.5 Å². The van der Waals surface area contributed by atoms with Gasteiger partial charge in [0.15, 0.2) is 0 Å². The van der Waals surface area contributed by atoms with Crippen molar-refractivity contribution in [1.82, 2.24) is 10.2 Å². The van der Waals surface area contributed by atoms with Gasteiger partial charge in [0.05, 0.1) is 6.04 Å². The minimum atomic E-state index is -0.825. The van der Waals surface area contributed by atoms with Gasteiger partial charge in [-0.2, -0.15) is 0 Å². The molecule has 78 valence electrons. The second kappa shape index (κ2) is 4.15. The van der Waals surface area contributed by atoms with Gasteiger partial charge >= 0.3 is 6.09 Å². The van der Waals surface area contributed by atoms with E-state index in [-0.39, 0.29) is 24.0 Å². The van der Waals surface area contributed by atoms with Crippen molar-refractivity contribution in [3.63, 3.8) is 0 Å². The number of nitrogens with zero attached hydrogens (tertiary/aromatic N) is 1. The zero-order chi connectivity index (χ0) is 9.35. The van der Waals surface area contributed by atoms with Crippen molar-refractivity contribution in [3.05, 3.63) is 0 Å². The highest BCUT2D eigenvalue weighted by Gasteiger charge is 2.35. The summed E-state index contributed by atoms with van der Waals surface area (Å²) in [5.74, 6) is 0. The molecule has 1 rings (SSSR count). The Balaban J connectivity index is 0.00000144. The van der Waals surface area contributed by atoms with Gasteiger partial charge in [-0.3, -0.25) is 4.90 Å². The molecule has 0 aromatic carbocycles. The maximum absolute atomic E-state index is 10.9. The molecule has 0 aromatic heterocycles. The summed E-state index contributed by atoms with van der Waals surface area (Å²) < 4.78 is 0. The smallest absolute Gasteiger partial charge is 0.408 e. The van der Waals surface area contributed by atoms with Crippen molar-refractivity contribution in [1.29, 1.82) is 0 Å². The van der Waals surface area contributed by atoms with Crippen LogP contribution < -0.4 is 5.32 Å². The van der Waals surface area contributed by atoms with Crippen LogP contribution in [0.3, 0.4) is 0 Å². The molecule has 0 spiro atoms. The lowest BCUT2D eigenvalue weighted by molar-refractivity contribution is 0.0517. The van der Waals surface area contributed by atoms with Crippen LogP contribution in [-0.2, 0) is 0 Å². The van der Waals surface area contributed by atoms with Crippen LogP contribution in [0.5, 0.6) is 0 Å². The molecule has 13 heavy (non-hydrogen) atoms. The van der Waals surface area contributed by atoms with Gasteiger partial charge in [0, 0.05) is 18.6 Å². The maximum Gasteiger partial charge on any atom is 0.408 e. The third kappa shape index (κ3) is 2.74. The highest BCUT2D eigenvalue weighted by Crippen LogP contribution is 2.19. The van der Waals surface area contributed by atoms with Crippen LogP contribution >= 0.6 is 12.4 Å². The Morgan fingerprint density at radius 3 is 2.00 bits per heavy atom. The molecule has 0 aliphatic carbocycles. The SMILES string of the molecule is CC(C)(C)N(C(=O)O)C1CNC1.Cl. The number of hydrogen-bond acceptors (Lipinski definition) is 2. The Hall–Kier alpha value is -0.480. The van der Waals surface area contributed by atoms with Gasteiger partial charge in [0.25, 0.3) is 0 Å². The Kier molecular flexibility index (Phi) is 4.00. The molecule has 2 N–H and O–H groups in total. The van der Waals surface area contributed by atoms with E-state index in [9.17, 15) is 4.79 Å². The molecule has 0 unspecified atom stereocenters. The largest absolute Gasteiger partial charge is 0.465 e. The van der Waals surface area contributed by atoms with Crippen LogP contribution in [0, 0.1) is 0 Å². The van der Waals surface area contributed by atoms with E-state index in [2.05, 4.69) is 5.32 Å². The molecule has 0 atom stereocenters. The molecular weight excluding hydrogens is 192 g/mol. The summed E-state index contributed by atoms with van der Waals surface area (Å²) in [6.45, 7) is 7.31. The predicted octanol–water partition coefficient (Wildman–Crippen LogP) is 1.16. The van der Waals surface area contributed by atoms with Gasteiger partial charge in [-0.1, -0.05) is 0 Å². The standard InChI is InChI=1S/C8H16N2O2.ClH/c1-8(2,3)10(7(11)12)6-4-9-5-6;/h6,9H,4-5H2,1-3H3,(H,11,12);1H. The molecule has 4 nitrogen and oxygen atoms in total. The van der Waals surface area contributed by atoms with E-state index >= 15 is 0 Å². The van der Waals surface area contributed by atoms with Crippen LogP contribution in [0.2, 0.25) is 0 Å². The number of carbonyl (C=O) groups is 1. The third-order valence-corrected chi connectivity index (χ3v) is 2.05. The summed E-state index contributed by atoms with van der Waals surface area (Å²) in [5, 5.41) is 12.0. The minimum Gasteiger partial charge on any atom is -0.465 e. The normalized spacial score (nSPS) is 17.2. The van der Waals surface area contributed by atoms with E-state index in [4.69, 9.17) is 5.11 Å². The number of carboxylic acid groups (broad SMARTS) is 1. The first-order valence-corrected chi connectivity index (χ1v) is 4.16. The maximum atomic E-state index is 10.9. The average molecular weight is 209 g/mol. The fourth-order valence-electron chi connectivity index (χ4n) is 1.45. The third-order valence-electron chi connectivity index (χ3n) is 2.05. The Bertz CT molecular complexity index is 187. The number of hydrogen-bond donors (Lipinski definition) is 2. The minimum absolute atomic E-state index is 0. The lowest BCUT2D eigenvalue weighted by Gasteiger charge is -2.44. The van der Waals surface area contributed by atoms with Crippen LogP contribution in [0.25, 0.3) is 0 Å². The van der Waals surface area contributed by atoms with E-state index in [1.807, 2.05) is 20.8 Å². The molecule has 5 heteroatoms. The van der Waals surface area contributed by atoms with Crippen molar-refractivity contribution in [2.24, 2.45) is 0 Å². The van der Waals surface area contributed by atoms with Crippen molar-refractivity contribution in [2.45, 2.75) is 32.4 Å². The molecule has 1 saturated heterocycles. The van der Waals surface area contributed by atoms with E-state index in [0.29, 0.717) is 0 Å². The zero-order valence-electron chi connectivity index (χ0n) is 8.20. The van der Waals surface area contributed by atoms with Gasteiger partial charge in [-0.05, 0) is 20.8 Å². The van der Waals surface area contributed by atoms with Crippen LogP contribution in [0.15, 0.2) is 0 Å². The summed E-state index contributed by atoms with van der Waals surface area (Å²) in [6, 6.07) is 0.155. The van der Waals surface area contributed by atoms with Gasteiger partial charge in [-0.15, -0.1) is 12.4 Å². The van der Waals surface area contributed by atoms with Crippen LogP contribution in [-0.4, -0.2) is 40.8 Å². The first-order valence-electron chi connectivity index (χ1n) is 4.16. The lowest BCUT2D eigenvalue weighted by atomic mass is 10.0. The van der Waals surface area contributed by atoms with E-state index in [1.165, 1.54) is 4.90 Å². The molecule has 0 radical (unpaired) electrons. The molecule has 1 aliphatic rings. The first kappa shape index (κ1) is 12.5. The topological polar surface area (TPSA) is 52.6 Å². The Morgan fingerprint density at radius 1 is 1.46 bits per heavy atom. The van der Waals surface area contributed by atoms with Gasteiger partial charge in [-0.25, -0.2) is 4.79 Å². The van der Waals surface area contributed by atoms with Gasteiger partial charge < -0.3 is 10.4 Å². The van der Waals surface area contributed by atoms with Crippen LogP contribution in [0.4, 0.5) is 4.79 Å². The van der Waals surface area contributed by atoms with Crippen LogP contribution in [0.1, 0.15) is 20.8 Å². The summed E-state index contributed by atoms with van der Waals surface area (Å²) in [6.07, 6.45) is -0.825. The highest BCUT2D eigenvalue weighted by molar-refractivity contribution is 5.85. The summed E-state index contributed by atoms with van der Waals surface area (Å²) >= 11 is 0. The highest BCUT2D eigenvalue weighted by atomic mass is 35.5. The fourth-order valence-corrected chi connectivity index (χ4v) is 1.45. The lowest BCUT2D eigenvalue weighted by Crippen LogP contribution is -2.63. The Labute approximate surface area is 84.7 Å². The molecule has 1 amide bonds. The Morgan fingerprint density at radius 2 is 1.92 bits per heavy atom. The summed E-state index contributed by atoms with van der Waals surface area (Å²) in [5.41, 5.74) is -0.293. The molecule has 0 saturated carbocycles. The molecule has 1 fully saturated rings. The fraction of sp³-hybridized carbons (Fsp3) is 0.875. The molecule has 1 aliphatic heterocycles. The number of amides is 1. The first-order chi connectivity index (χ1) is 5.43. The summed E-state index contributed by atoms with van der Waals surface area (Å²) in [4.78, 5) is 12.4. The van der Waals surface area contributed by atoms with Gasteiger partial charge in [0.1, 0.15) is 0 Å². The van der Waals surface area contributed by atoms with Crippen molar-refractivity contribution in [2.75, 3.05) is 13.1 Å². The molecule has 1 heterocycles. The monoisotopic (exact) mass is 208 g/mol. The van der Waals surface area contributed by atoms with Crippen molar-refractivity contribution in [3.8, 4) is 0 Å². The second-order valence-electron chi connectivity index (χ2n) is 4.14. The number of halogens is 1. The second-order valence-corrected chi connectivity index (χ2v) is 4.14. The average Bonchev–Trinajstić information content (AvgIpc) is 1.73. The molecule has 0 aromatic rings. The van der Waals surface area contributed by atoms with E-state index < -0.39 is 6.09 Å². The zero-order valence-corrected chi connectivity index (χ0v) is 9.02. The van der Waals surface area contributed by atoms with Crippen molar-refractivity contribution < 1.29 is 9.90 Å². The molecular formula is C8H17ClN2O2. The predicted molar refractivity (Wildman–Crippen MR) is 53.5 cm³/mol. The summed E-state index contributed by atoms with van der Waals surface area (Å²) in [7, 11) is 0.